The number of benzene rings is 1. The zero-order valence-electron chi connectivity index (χ0n) is 21.3. The first-order valence-electron chi connectivity index (χ1n) is 12.1. The number of aryl methyl sites for hydroxylation is 1. The fourth-order valence-corrected chi connectivity index (χ4v) is 3.79. The predicted molar refractivity (Wildman–Crippen MR) is 148 cm³/mol. The summed E-state index contributed by atoms with van der Waals surface area (Å²) in [5.74, 6) is 0. The summed E-state index contributed by atoms with van der Waals surface area (Å²) in [6.07, 6.45) is 21.7. The lowest BCUT2D eigenvalue weighted by molar-refractivity contribution is 0.474. The highest BCUT2D eigenvalue weighted by Gasteiger charge is 2.04. The van der Waals surface area contributed by atoms with E-state index in [1.165, 1.54) is 39.0 Å². The van der Waals surface area contributed by atoms with E-state index in [1.54, 1.807) is 0 Å². The first-order valence-corrected chi connectivity index (χ1v) is 12.1. The molecule has 1 heteroatoms. The SMILES string of the molecule is C=C/C(=C\C/C(=C/C1=C(C)C=C(C)CC=C1)CC)CN(C)C(=C)/C=C/c1cccc(CC)c1. The zero-order valence-corrected chi connectivity index (χ0v) is 21.3. The Bertz CT molecular complexity index is 1020. The summed E-state index contributed by atoms with van der Waals surface area (Å²) < 4.78 is 0. The van der Waals surface area contributed by atoms with Gasteiger partial charge in [-0.1, -0.05) is 105 Å². The second kappa shape index (κ2) is 13.5. The van der Waals surface area contributed by atoms with Crippen molar-refractivity contribution < 1.29 is 0 Å². The van der Waals surface area contributed by atoms with Crippen molar-refractivity contribution in [2.45, 2.75) is 53.4 Å². The van der Waals surface area contributed by atoms with Crippen LogP contribution in [0.3, 0.4) is 0 Å². The molecular weight excluding hydrogens is 398 g/mol. The van der Waals surface area contributed by atoms with Gasteiger partial charge in [0.2, 0.25) is 0 Å². The summed E-state index contributed by atoms with van der Waals surface area (Å²) in [6, 6.07) is 8.64. The monoisotopic (exact) mass is 439 g/mol. The van der Waals surface area contributed by atoms with E-state index in [9.17, 15) is 0 Å². The number of likely N-dealkylation sites (N-methyl/N-ethyl adjacent to an activating group) is 1. The van der Waals surface area contributed by atoms with Crippen molar-refractivity contribution >= 4 is 6.08 Å². The van der Waals surface area contributed by atoms with Crippen molar-refractivity contribution in [3.63, 3.8) is 0 Å². The average Bonchev–Trinajstić information content (AvgIpc) is 2.98. The van der Waals surface area contributed by atoms with Crippen LogP contribution in [-0.4, -0.2) is 18.5 Å². The van der Waals surface area contributed by atoms with Crippen molar-refractivity contribution in [3.8, 4) is 0 Å². The maximum Gasteiger partial charge on any atom is 0.0422 e. The Labute approximate surface area is 202 Å². The lowest BCUT2D eigenvalue weighted by atomic mass is 10.0. The van der Waals surface area contributed by atoms with Gasteiger partial charge in [-0.15, -0.1) is 0 Å². The number of hydrogen-bond donors (Lipinski definition) is 0. The lowest BCUT2D eigenvalue weighted by Gasteiger charge is -2.20. The Hall–Kier alpha value is -3.06. The Morgan fingerprint density at radius 1 is 1.18 bits per heavy atom. The molecule has 0 spiro atoms. The van der Waals surface area contributed by atoms with Crippen molar-refractivity contribution in [1.29, 1.82) is 0 Å². The summed E-state index contributed by atoms with van der Waals surface area (Å²) in [5.41, 5.74) is 10.3. The van der Waals surface area contributed by atoms with Crippen LogP contribution in [0.15, 0.2) is 114 Å². The van der Waals surface area contributed by atoms with Gasteiger partial charge >= 0.3 is 0 Å². The molecule has 1 aliphatic rings. The molecule has 0 fully saturated rings. The third-order valence-electron chi connectivity index (χ3n) is 6.10. The topological polar surface area (TPSA) is 3.24 Å². The predicted octanol–water partition coefficient (Wildman–Crippen LogP) is 8.77. The summed E-state index contributed by atoms with van der Waals surface area (Å²) in [6.45, 7) is 17.9. The van der Waals surface area contributed by atoms with E-state index in [4.69, 9.17) is 0 Å². The molecule has 1 aromatic rings. The van der Waals surface area contributed by atoms with Gasteiger partial charge in [0.15, 0.2) is 0 Å². The first kappa shape index (κ1) is 26.2. The summed E-state index contributed by atoms with van der Waals surface area (Å²) >= 11 is 0. The van der Waals surface area contributed by atoms with Crippen LogP contribution in [-0.2, 0) is 6.42 Å². The first-order chi connectivity index (χ1) is 15.9. The van der Waals surface area contributed by atoms with Gasteiger partial charge in [-0.3, -0.25) is 0 Å². The quantitative estimate of drug-likeness (QED) is 0.311. The van der Waals surface area contributed by atoms with Crippen molar-refractivity contribution in [2.75, 3.05) is 13.6 Å². The van der Waals surface area contributed by atoms with Crippen LogP contribution >= 0.6 is 0 Å². The number of hydrogen-bond acceptors (Lipinski definition) is 1. The third-order valence-corrected chi connectivity index (χ3v) is 6.10. The molecule has 1 aromatic carbocycles. The van der Waals surface area contributed by atoms with Gasteiger partial charge in [0.05, 0.1) is 0 Å². The number of nitrogens with zero attached hydrogens (tertiary/aromatic N) is 1. The van der Waals surface area contributed by atoms with Crippen LogP contribution in [0.25, 0.3) is 6.08 Å². The van der Waals surface area contributed by atoms with Gasteiger partial charge in [-0.05, 0) is 73.5 Å². The van der Waals surface area contributed by atoms with Crippen LogP contribution in [0.2, 0.25) is 0 Å². The highest BCUT2D eigenvalue weighted by atomic mass is 15.1. The van der Waals surface area contributed by atoms with E-state index in [-0.39, 0.29) is 0 Å². The number of rotatable bonds is 11. The highest BCUT2D eigenvalue weighted by molar-refractivity contribution is 5.53. The zero-order chi connectivity index (χ0) is 24.2. The van der Waals surface area contributed by atoms with Crippen LogP contribution in [0.1, 0.15) is 58.1 Å². The van der Waals surface area contributed by atoms with Crippen LogP contribution in [0, 0.1) is 0 Å². The Kier molecular flexibility index (Phi) is 10.7. The molecule has 0 atom stereocenters. The molecule has 0 aliphatic heterocycles. The molecule has 1 nitrogen and oxygen atoms in total. The Morgan fingerprint density at radius 2 is 1.97 bits per heavy atom. The Balaban J connectivity index is 2.05. The minimum Gasteiger partial charge on any atom is -0.371 e. The molecule has 2 rings (SSSR count). The largest absolute Gasteiger partial charge is 0.371 e. The molecular formula is C32H41N. The summed E-state index contributed by atoms with van der Waals surface area (Å²) in [4.78, 5) is 2.18. The van der Waals surface area contributed by atoms with Gasteiger partial charge in [-0.25, -0.2) is 0 Å². The van der Waals surface area contributed by atoms with Crippen molar-refractivity contribution in [2.24, 2.45) is 0 Å². The molecule has 174 valence electrons. The van der Waals surface area contributed by atoms with Crippen LogP contribution in [0.5, 0.6) is 0 Å². The highest BCUT2D eigenvalue weighted by Crippen LogP contribution is 2.22. The minimum atomic E-state index is 0.794. The second-order valence-corrected chi connectivity index (χ2v) is 8.86. The molecule has 0 N–H and O–H groups in total. The Morgan fingerprint density at radius 3 is 2.67 bits per heavy atom. The van der Waals surface area contributed by atoms with Gasteiger partial charge < -0.3 is 4.90 Å². The molecule has 0 saturated carbocycles. The fourth-order valence-electron chi connectivity index (χ4n) is 3.79. The van der Waals surface area contributed by atoms with Crippen LogP contribution in [0.4, 0.5) is 0 Å². The van der Waals surface area contributed by atoms with E-state index in [0.717, 1.165) is 37.9 Å². The molecule has 33 heavy (non-hydrogen) atoms. The lowest BCUT2D eigenvalue weighted by Crippen LogP contribution is -2.18. The summed E-state index contributed by atoms with van der Waals surface area (Å²) in [5, 5.41) is 0. The molecule has 0 bridgehead atoms. The van der Waals surface area contributed by atoms with E-state index >= 15 is 0 Å². The maximum absolute atomic E-state index is 4.26. The maximum atomic E-state index is 4.26. The smallest absolute Gasteiger partial charge is 0.0422 e. The van der Waals surface area contributed by atoms with Gasteiger partial charge in [0.1, 0.15) is 0 Å². The normalized spacial score (nSPS) is 15.0. The molecule has 0 radical (unpaired) electrons. The molecule has 0 saturated heterocycles. The van der Waals surface area contributed by atoms with E-state index < -0.39 is 0 Å². The fraction of sp³-hybridized carbons (Fsp3) is 0.312. The molecule has 0 unspecified atom stereocenters. The summed E-state index contributed by atoms with van der Waals surface area (Å²) in [7, 11) is 2.09. The molecule has 1 aliphatic carbocycles. The number of allylic oxidation sites excluding steroid dienone is 10. The van der Waals surface area contributed by atoms with Gasteiger partial charge in [-0.2, -0.15) is 0 Å². The van der Waals surface area contributed by atoms with E-state index in [1.807, 2.05) is 6.08 Å². The molecule has 0 heterocycles. The average molecular weight is 440 g/mol. The van der Waals surface area contributed by atoms with E-state index in [0.29, 0.717) is 0 Å². The second-order valence-electron chi connectivity index (χ2n) is 8.86. The van der Waals surface area contributed by atoms with Gasteiger partial charge in [0.25, 0.3) is 0 Å². The molecule has 0 amide bonds. The third kappa shape index (κ3) is 8.77. The molecule has 0 aromatic heterocycles. The van der Waals surface area contributed by atoms with Crippen LogP contribution < -0.4 is 0 Å². The standard InChI is InChI=1S/C32H41N/c1-8-28-14-12-15-31(22-28)18-17-27(6)33(7)24-30(10-3)20-19-29(9-2)23-32-16-11-13-25(4)21-26(32)5/h10-12,14-18,20-23H,3,6,8-9,13,19,24H2,1-2,4-5,7H3/b18-17+,29-23+,30-20+. The van der Waals surface area contributed by atoms with E-state index in [2.05, 4.69) is 120 Å². The van der Waals surface area contributed by atoms with Crippen molar-refractivity contribution in [1.82, 2.24) is 4.90 Å². The van der Waals surface area contributed by atoms with Gasteiger partial charge in [0, 0.05) is 19.3 Å². The minimum absolute atomic E-state index is 0.794. The van der Waals surface area contributed by atoms with Crippen molar-refractivity contribution in [3.05, 3.63) is 125 Å².